The summed E-state index contributed by atoms with van der Waals surface area (Å²) >= 11 is 0.477. The Balaban J connectivity index is 1.03. The zero-order valence-corrected chi connectivity index (χ0v) is 57.9. The number of aromatic nitrogens is 4. The highest BCUT2D eigenvalue weighted by molar-refractivity contribution is 8.00. The molecule has 0 radical (unpaired) electrons. The lowest BCUT2D eigenvalue weighted by atomic mass is 9.95. The van der Waals surface area contributed by atoms with Gasteiger partial charge in [0.25, 0.3) is 0 Å². The van der Waals surface area contributed by atoms with E-state index in [0.29, 0.717) is 95.1 Å². The van der Waals surface area contributed by atoms with Crippen LogP contribution in [0.1, 0.15) is 101 Å². The molecule has 6 aromatic rings. The Bertz CT molecular complexity index is 3930. The summed E-state index contributed by atoms with van der Waals surface area (Å²) in [4.78, 5) is 154. The summed E-state index contributed by atoms with van der Waals surface area (Å²) in [5.41, 5.74) is 17.2. The number of hydrogen-bond acceptors (Lipinski definition) is 19. The van der Waals surface area contributed by atoms with Gasteiger partial charge in [-0.05, 0) is 99.9 Å². The average molecular weight is 1450 g/mol. The highest BCUT2D eigenvalue weighted by atomic mass is 32.2. The lowest BCUT2D eigenvalue weighted by molar-refractivity contribution is -0.145. The van der Waals surface area contributed by atoms with Crippen LogP contribution in [0.2, 0.25) is 0 Å². The molecule has 1 aliphatic heterocycles. The smallest absolute Gasteiger partial charge is 0.330 e. The molecule has 33 heteroatoms. The Morgan fingerprint density at radius 3 is 1.92 bits per heavy atom. The number of aromatic hydroxyl groups is 1. The second-order valence-electron chi connectivity index (χ2n) is 24.9. The number of H-pyrrole nitrogens is 1. The van der Waals surface area contributed by atoms with Crippen LogP contribution in [0.5, 0.6) is 5.75 Å². The van der Waals surface area contributed by atoms with Crippen LogP contribution in [0.15, 0.2) is 103 Å². The number of nitrogens with one attached hydrogen (secondary N) is 9. The highest BCUT2D eigenvalue weighted by Crippen LogP contribution is 2.41. The minimum absolute atomic E-state index is 0.0249. The molecule has 0 spiro atoms. The van der Waals surface area contributed by atoms with Crippen LogP contribution >= 0.6 is 11.8 Å². The van der Waals surface area contributed by atoms with Gasteiger partial charge in [0, 0.05) is 92.1 Å². The molecule has 103 heavy (non-hydrogen) atoms. The van der Waals surface area contributed by atoms with Gasteiger partial charge in [0.2, 0.25) is 53.2 Å². The molecule has 7 rings (SSSR count). The van der Waals surface area contributed by atoms with E-state index >= 15 is 0 Å². The van der Waals surface area contributed by atoms with Crippen molar-refractivity contribution in [2.24, 2.45) is 11.5 Å². The number of hydrogen-bond donors (Lipinski definition) is 16. The third-order valence-corrected chi connectivity index (χ3v) is 18.1. The summed E-state index contributed by atoms with van der Waals surface area (Å²) < 4.78 is 14.3. The Kier molecular flexibility index (Phi) is 30.9. The van der Waals surface area contributed by atoms with Crippen molar-refractivity contribution in [1.29, 1.82) is 0 Å². The maximum Gasteiger partial charge on any atom is 0.330 e. The molecule has 0 aliphatic carbocycles. The van der Waals surface area contributed by atoms with E-state index in [9.17, 15) is 82.7 Å². The maximum absolute atomic E-state index is 14.9. The van der Waals surface area contributed by atoms with E-state index < -0.39 is 120 Å². The number of phenols is 1. The quantitative estimate of drug-likeness (QED) is 0.0191. The van der Waals surface area contributed by atoms with Gasteiger partial charge in [-0.2, -0.15) is 0 Å². The number of carbonyl (C=O) groups excluding carboxylic acids is 9. The van der Waals surface area contributed by atoms with Crippen molar-refractivity contribution in [2.75, 3.05) is 37.0 Å². The van der Waals surface area contributed by atoms with Crippen LogP contribution < -0.4 is 58.9 Å². The first-order chi connectivity index (χ1) is 49.4. The van der Waals surface area contributed by atoms with Gasteiger partial charge in [0.15, 0.2) is 6.04 Å². The van der Waals surface area contributed by atoms with Crippen molar-refractivity contribution >= 4 is 93.5 Å². The number of halogens is 1. The number of unbranched alkanes of at least 4 members (excludes halogenated alkanes) is 3. The molecular formula is C70H90FN15O16S. The number of aliphatic carboxylic acids is 2. The molecule has 1 aliphatic rings. The van der Waals surface area contributed by atoms with Gasteiger partial charge in [-0.3, -0.25) is 47.5 Å². The zero-order valence-electron chi connectivity index (χ0n) is 57.1. The molecule has 0 saturated carbocycles. The van der Waals surface area contributed by atoms with Crippen molar-refractivity contribution in [2.45, 2.75) is 164 Å². The first-order valence-corrected chi connectivity index (χ1v) is 35.0. The molecule has 4 aromatic carbocycles. The Labute approximate surface area is 597 Å². The number of carboxylic acid groups (broad SMARTS) is 2. The number of fused-ring (bicyclic) bond motifs is 6. The number of nitrogens with two attached hydrogens (primary N) is 2. The number of phenolic OH excluding ortho intramolecular Hbond substituents is 1. The largest absolute Gasteiger partial charge is 0.508 e. The number of carboxylic acids is 2. The van der Waals surface area contributed by atoms with Crippen LogP contribution in [-0.4, -0.2) is 197 Å². The van der Waals surface area contributed by atoms with Gasteiger partial charge >= 0.3 is 11.9 Å². The number of carbonyl (C=O) groups is 11. The molecule has 3 heterocycles. The lowest BCUT2D eigenvalue weighted by Crippen LogP contribution is -2.62. The Morgan fingerprint density at radius 1 is 0.612 bits per heavy atom. The number of benzene rings is 4. The molecule has 9 amide bonds. The Morgan fingerprint density at radius 2 is 1.22 bits per heavy atom. The first-order valence-electron chi connectivity index (χ1n) is 33.9. The number of aromatic amines is 1. The summed E-state index contributed by atoms with van der Waals surface area (Å²) in [5.74, 6) is -10.7. The van der Waals surface area contributed by atoms with E-state index in [1.54, 1.807) is 40.0 Å². The van der Waals surface area contributed by atoms with E-state index in [1.807, 2.05) is 48.5 Å². The van der Waals surface area contributed by atoms with Crippen LogP contribution in [0, 0.1) is 0 Å². The van der Waals surface area contributed by atoms with E-state index in [1.165, 1.54) is 24.3 Å². The number of aliphatic hydroxyl groups is 2. The van der Waals surface area contributed by atoms with Crippen LogP contribution in [-0.2, 0) is 78.7 Å². The second kappa shape index (κ2) is 39.7. The molecule has 0 saturated heterocycles. The van der Waals surface area contributed by atoms with Crippen LogP contribution in [0.3, 0.4) is 0 Å². The standard InChI is InChI=1S/C70H90FN15O16S/c1-40(87)59(68(98)80-53(39-103-63(73)70(101)102)67(97)82-60(41(2)88)69(99)100)81-64(94)50(20-11-13-31-72)78-66(96)52(36-44-37-76-49-19-9-7-16-46(44)49)79-65(95)51(35-42-23-25-45(89)26-24-42)77-57(92)28-27-56(91)74-32-14-34-86-62-47-17-6-5-15-43(47)38-85(54-21-10-8-18-48(54)61(62)83-84-86)58(93)29-33-75-55(90)22-4-3-12-30-71/h5-10,15-19,21,23-26,37,40-41,50-53,59-60,63,76,87-89H,3-4,11-14,20,22,27-36,38-39,72-73H2,1-2H3,(H,74,91)(H,75,90)(H,77,92)(H,78,96)(H,79,95)(H,80,98)(H,81,94)(H,82,97)(H,99,100)(H,101,102)/t40-,41-,50+,51+,52+,53+,59+,60+,63?/m1/s1/i71-1. The highest BCUT2D eigenvalue weighted by Gasteiger charge is 2.37. The summed E-state index contributed by atoms with van der Waals surface area (Å²) in [5, 5.41) is 78.9. The van der Waals surface area contributed by atoms with Gasteiger partial charge in [0.1, 0.15) is 47.0 Å². The molecule has 9 atom stereocenters. The van der Waals surface area contributed by atoms with Crippen molar-refractivity contribution in [3.8, 4) is 28.3 Å². The Hall–Kier alpha value is -10.4. The van der Waals surface area contributed by atoms with Crippen LogP contribution in [0.25, 0.3) is 33.4 Å². The number of aryl methyl sites for hydroxylation is 1. The third-order valence-electron chi connectivity index (χ3n) is 17.0. The molecule has 31 nitrogen and oxygen atoms in total. The maximum atomic E-state index is 14.9. The number of para-hydroxylation sites is 2. The van der Waals surface area contributed by atoms with Crippen molar-refractivity contribution in [3.05, 3.63) is 120 Å². The van der Waals surface area contributed by atoms with Gasteiger partial charge in [-0.25, -0.2) is 14.3 Å². The van der Waals surface area contributed by atoms with E-state index in [4.69, 9.17) is 11.5 Å². The van der Waals surface area contributed by atoms with Gasteiger partial charge in [-0.15, -0.1) is 16.9 Å². The second-order valence-corrected chi connectivity index (χ2v) is 26.0. The molecule has 2 aromatic heterocycles. The first kappa shape index (κ1) is 80.0. The molecule has 0 bridgehead atoms. The van der Waals surface area contributed by atoms with Gasteiger partial charge < -0.3 is 89.4 Å². The number of nitrogens with zero attached hydrogens (tertiary/aromatic N) is 4. The number of aliphatic hydroxyl groups excluding tert-OH is 2. The minimum atomic E-state index is -1.89. The SMILES string of the molecule is C[C@@H](O)[C@H](NC(=O)[C@H](CSC(N)C(=O)O)NC(=O)[C@@H](NC(=O)[C@H](CCCCN)NC(=O)[C@H](Cc1c[nH]c2ccccc12)NC(=O)[C@H](Cc1ccc(O)cc1)NC(=O)CCC(=O)NCCCn1nnc2c1-c1ccccc1CN(C(=O)CCNC(=O)CCCCC[18F])c1ccccc1-2)[C@@H](C)O)C(=O)O. The summed E-state index contributed by atoms with van der Waals surface area (Å²) in [7, 11) is 0. The molecule has 18 N–H and O–H groups in total. The van der Waals surface area contributed by atoms with E-state index in [2.05, 4.69) is 57.8 Å². The number of alkyl halides is 1. The molecule has 0 fully saturated rings. The van der Waals surface area contributed by atoms with E-state index in [0.717, 1.165) is 25.0 Å². The molecule has 554 valence electrons. The zero-order chi connectivity index (χ0) is 74.7. The summed E-state index contributed by atoms with van der Waals surface area (Å²) in [6.45, 7) is 2.68. The summed E-state index contributed by atoms with van der Waals surface area (Å²) in [6.07, 6.45) is -0.205. The molecular weight excluding hydrogens is 1360 g/mol. The fourth-order valence-corrected chi connectivity index (χ4v) is 12.2. The predicted octanol–water partition coefficient (Wildman–Crippen LogP) is 1.44. The molecule has 1 unspecified atom stereocenters. The fraction of sp³-hybridized carbons (Fsp3) is 0.443. The van der Waals surface area contributed by atoms with Crippen molar-refractivity contribution < 1.29 is 82.7 Å². The predicted molar refractivity (Wildman–Crippen MR) is 378 cm³/mol. The van der Waals surface area contributed by atoms with Crippen molar-refractivity contribution in [3.63, 3.8) is 0 Å². The minimum Gasteiger partial charge on any atom is -0.508 e. The van der Waals surface area contributed by atoms with Crippen LogP contribution in [0.4, 0.5) is 10.1 Å². The van der Waals surface area contributed by atoms with Crippen molar-refractivity contribution in [1.82, 2.24) is 62.5 Å². The number of thioether (sulfide) groups is 1. The lowest BCUT2D eigenvalue weighted by Gasteiger charge is -2.28. The number of rotatable bonds is 41. The number of amides is 9. The number of anilines is 1. The van der Waals surface area contributed by atoms with Gasteiger partial charge in [-0.1, -0.05) is 84.4 Å². The normalized spacial score (nSPS) is 14.3. The van der Waals surface area contributed by atoms with E-state index in [-0.39, 0.29) is 95.1 Å². The monoisotopic (exact) mass is 1450 g/mol. The third kappa shape index (κ3) is 23.6. The topological polar surface area (TPSA) is 487 Å². The fourth-order valence-electron chi connectivity index (χ4n) is 11.5. The van der Waals surface area contributed by atoms with Gasteiger partial charge in [0.05, 0.1) is 36.8 Å². The summed E-state index contributed by atoms with van der Waals surface area (Å²) in [6, 6.07) is 17.8. The average Bonchev–Trinajstić information content (AvgIpc) is 1.69.